The number of hydrogen-bond donors (Lipinski definition) is 0. The van der Waals surface area contributed by atoms with Crippen LogP contribution in [0.4, 0.5) is 17.1 Å². The Labute approximate surface area is 285 Å². The first kappa shape index (κ1) is 27.9. The Hall–Kier alpha value is -5.18. The van der Waals surface area contributed by atoms with Gasteiger partial charge in [-0.25, -0.2) is 0 Å². The molecule has 0 N–H and O–H groups in total. The summed E-state index contributed by atoms with van der Waals surface area (Å²) in [7, 11) is 0. The summed E-state index contributed by atoms with van der Waals surface area (Å²) in [6.45, 7) is 9.46. The van der Waals surface area contributed by atoms with Gasteiger partial charge in [-0.15, -0.1) is 11.3 Å². The minimum atomic E-state index is -0.0868. The lowest BCUT2D eigenvalue weighted by atomic mass is 9.82. The van der Waals surface area contributed by atoms with Crippen LogP contribution in [-0.2, 0) is 10.8 Å². The number of rotatable bonds is 3. The van der Waals surface area contributed by atoms with Crippen molar-refractivity contribution in [3.63, 3.8) is 0 Å². The lowest BCUT2D eigenvalue weighted by Gasteiger charge is -2.30. The summed E-state index contributed by atoms with van der Waals surface area (Å²) in [5, 5.41) is 5.19. The summed E-state index contributed by atoms with van der Waals surface area (Å²) < 4.78 is 2.66. The number of nitrogens with zero attached hydrogens (tertiary/aromatic N) is 1. The molecule has 2 aliphatic carbocycles. The van der Waals surface area contributed by atoms with Gasteiger partial charge in [0.25, 0.3) is 0 Å². The Morgan fingerprint density at radius 3 is 1.94 bits per heavy atom. The van der Waals surface area contributed by atoms with Crippen LogP contribution in [0.25, 0.3) is 53.2 Å². The monoisotopic (exact) mass is 633 g/mol. The maximum absolute atomic E-state index is 2.55. The number of benzene rings is 7. The smallest absolute Gasteiger partial charge is 0.0543 e. The van der Waals surface area contributed by atoms with Crippen LogP contribution in [0, 0.1) is 0 Å². The van der Waals surface area contributed by atoms with E-state index < -0.39 is 0 Å². The summed E-state index contributed by atoms with van der Waals surface area (Å²) >= 11 is 1.89. The topological polar surface area (TPSA) is 3.24 Å². The Kier molecular flexibility index (Phi) is 5.63. The molecule has 0 saturated carbocycles. The van der Waals surface area contributed by atoms with Crippen LogP contribution >= 0.6 is 11.3 Å². The zero-order valence-corrected chi connectivity index (χ0v) is 28.5. The van der Waals surface area contributed by atoms with Crippen molar-refractivity contribution in [3.8, 4) is 22.3 Å². The molecule has 0 spiro atoms. The predicted molar refractivity (Wildman–Crippen MR) is 207 cm³/mol. The van der Waals surface area contributed by atoms with Gasteiger partial charge in [-0.2, -0.15) is 0 Å². The summed E-state index contributed by atoms with van der Waals surface area (Å²) in [6.07, 6.45) is 0. The molecule has 1 heterocycles. The normalized spacial score (nSPS) is 15.0. The molecule has 0 atom stereocenters. The van der Waals surface area contributed by atoms with Gasteiger partial charge in [0.1, 0.15) is 0 Å². The lowest BCUT2D eigenvalue weighted by molar-refractivity contribution is 0.660. The third kappa shape index (κ3) is 3.67. The van der Waals surface area contributed by atoms with Crippen molar-refractivity contribution in [2.45, 2.75) is 38.5 Å². The first-order chi connectivity index (χ1) is 23.3. The summed E-state index contributed by atoms with van der Waals surface area (Å²) in [6, 6.07) is 52.5. The highest BCUT2D eigenvalue weighted by molar-refractivity contribution is 7.25. The van der Waals surface area contributed by atoms with E-state index in [0.29, 0.717) is 0 Å². The molecule has 0 aliphatic heterocycles. The number of hydrogen-bond acceptors (Lipinski definition) is 2. The van der Waals surface area contributed by atoms with Crippen LogP contribution in [-0.4, -0.2) is 0 Å². The van der Waals surface area contributed by atoms with Crippen molar-refractivity contribution in [1.82, 2.24) is 0 Å². The van der Waals surface area contributed by atoms with Gasteiger partial charge < -0.3 is 4.90 Å². The van der Waals surface area contributed by atoms with E-state index >= 15 is 0 Å². The maximum atomic E-state index is 2.55. The highest BCUT2D eigenvalue weighted by Crippen LogP contribution is 2.56. The fourth-order valence-corrected chi connectivity index (χ4v) is 9.98. The number of fused-ring (bicyclic) bond motifs is 10. The Morgan fingerprint density at radius 2 is 1.08 bits per heavy atom. The fraction of sp³-hybridized carbons (Fsp3) is 0.130. The molecular weight excluding hydrogens is 599 g/mol. The Balaban J connectivity index is 1.29. The van der Waals surface area contributed by atoms with Crippen LogP contribution < -0.4 is 4.90 Å². The highest BCUT2D eigenvalue weighted by atomic mass is 32.1. The molecule has 0 fully saturated rings. The van der Waals surface area contributed by atoms with Crippen molar-refractivity contribution in [2.24, 2.45) is 0 Å². The van der Waals surface area contributed by atoms with Crippen LogP contribution in [0.1, 0.15) is 49.9 Å². The molecule has 10 rings (SSSR count). The second-order valence-electron chi connectivity index (χ2n) is 14.6. The molecule has 1 aromatic heterocycles. The van der Waals surface area contributed by atoms with Crippen LogP contribution in [0.15, 0.2) is 140 Å². The SMILES string of the molecule is CC1(C)c2ccccc2-c2cc(N(c3cccc4c3-c3ccccc3C4(C)C)c3cccc4cc5c(cc34)sc3ccccc35)ccc21. The second kappa shape index (κ2) is 9.69. The minimum Gasteiger partial charge on any atom is -0.309 e. The molecule has 0 amide bonds. The van der Waals surface area contributed by atoms with Gasteiger partial charge in [-0.05, 0) is 86.8 Å². The molecule has 0 bridgehead atoms. The zero-order valence-electron chi connectivity index (χ0n) is 27.6. The number of thiophene rings is 1. The van der Waals surface area contributed by atoms with E-state index in [1.54, 1.807) is 0 Å². The van der Waals surface area contributed by atoms with E-state index in [2.05, 4.69) is 172 Å². The molecule has 0 saturated heterocycles. The fourth-order valence-electron chi connectivity index (χ4n) is 8.85. The van der Waals surface area contributed by atoms with Crippen molar-refractivity contribution in [2.75, 3.05) is 4.90 Å². The summed E-state index contributed by atoms with van der Waals surface area (Å²) in [5.41, 5.74) is 14.4. The summed E-state index contributed by atoms with van der Waals surface area (Å²) in [5.74, 6) is 0. The quantitative estimate of drug-likeness (QED) is 0.187. The average Bonchev–Trinajstić information content (AvgIpc) is 3.67. The first-order valence-corrected chi connectivity index (χ1v) is 17.8. The molecule has 0 radical (unpaired) electrons. The van der Waals surface area contributed by atoms with Gasteiger partial charge >= 0.3 is 0 Å². The molecule has 1 nitrogen and oxygen atoms in total. The van der Waals surface area contributed by atoms with Crippen molar-refractivity contribution in [1.29, 1.82) is 0 Å². The zero-order chi connectivity index (χ0) is 32.4. The van der Waals surface area contributed by atoms with Gasteiger partial charge in [-0.3, -0.25) is 0 Å². The van der Waals surface area contributed by atoms with Crippen molar-refractivity contribution >= 4 is 59.3 Å². The predicted octanol–water partition coefficient (Wildman–Crippen LogP) is 13.3. The van der Waals surface area contributed by atoms with E-state index in [1.807, 2.05) is 11.3 Å². The lowest BCUT2D eigenvalue weighted by Crippen LogP contribution is -2.16. The molecule has 2 aliphatic rings. The average molecular weight is 634 g/mol. The van der Waals surface area contributed by atoms with Crippen LogP contribution in [0.2, 0.25) is 0 Å². The highest BCUT2D eigenvalue weighted by Gasteiger charge is 2.39. The Bertz CT molecular complexity index is 2630. The minimum absolute atomic E-state index is 0.0432. The molecule has 230 valence electrons. The Morgan fingerprint density at radius 1 is 0.438 bits per heavy atom. The molecule has 2 heteroatoms. The van der Waals surface area contributed by atoms with Gasteiger partial charge in [0, 0.05) is 47.6 Å². The molecule has 8 aromatic rings. The molecule has 0 unspecified atom stereocenters. The molecule has 7 aromatic carbocycles. The van der Waals surface area contributed by atoms with E-state index in [9.17, 15) is 0 Å². The number of anilines is 3. The van der Waals surface area contributed by atoms with Crippen LogP contribution in [0.5, 0.6) is 0 Å². The van der Waals surface area contributed by atoms with Gasteiger partial charge in [0.15, 0.2) is 0 Å². The van der Waals surface area contributed by atoms with Gasteiger partial charge in [-0.1, -0.05) is 125 Å². The second-order valence-corrected chi connectivity index (χ2v) is 15.6. The largest absolute Gasteiger partial charge is 0.309 e. The van der Waals surface area contributed by atoms with E-state index in [1.165, 1.54) is 92.5 Å². The third-order valence-corrected chi connectivity index (χ3v) is 12.4. The van der Waals surface area contributed by atoms with Gasteiger partial charge in [0.2, 0.25) is 0 Å². The van der Waals surface area contributed by atoms with E-state index in [4.69, 9.17) is 0 Å². The van der Waals surface area contributed by atoms with Crippen molar-refractivity contribution in [3.05, 3.63) is 162 Å². The van der Waals surface area contributed by atoms with E-state index in [-0.39, 0.29) is 10.8 Å². The van der Waals surface area contributed by atoms with E-state index in [0.717, 1.165) is 0 Å². The van der Waals surface area contributed by atoms with Crippen LogP contribution in [0.3, 0.4) is 0 Å². The first-order valence-electron chi connectivity index (χ1n) is 16.9. The third-order valence-electron chi connectivity index (χ3n) is 11.2. The summed E-state index contributed by atoms with van der Waals surface area (Å²) in [4.78, 5) is 2.55. The molecule has 48 heavy (non-hydrogen) atoms. The maximum Gasteiger partial charge on any atom is 0.0543 e. The molecular formula is C46H35NS. The standard InChI is InChI=1S/C46H35NS/c1-45(2)36-17-8-5-14-30(36)34-26-29(23-24-38(34)45)47(41-21-12-19-39-44(41)32-16-6-9-18-37(32)46(39,3)4)40-20-11-13-28-25-35-31-15-7-10-22-42(31)48-43(35)27-33(28)40/h5-27H,1-4H3. The van der Waals surface area contributed by atoms with Crippen molar-refractivity contribution < 1.29 is 0 Å². The van der Waals surface area contributed by atoms with Gasteiger partial charge in [0.05, 0.1) is 11.4 Å².